The average molecular weight is 613 g/mol. The Balaban J connectivity index is 0. The topological polar surface area (TPSA) is 0 Å². The van der Waals surface area contributed by atoms with Crippen LogP contribution in [0.5, 0.6) is 0 Å². The van der Waals surface area contributed by atoms with Gasteiger partial charge < -0.3 is 0 Å². The van der Waals surface area contributed by atoms with Crippen molar-refractivity contribution >= 4 is 23.4 Å². The van der Waals surface area contributed by atoms with Gasteiger partial charge in [-0.25, -0.2) is 0 Å². The maximum atomic E-state index is 4.00. The molecule has 0 saturated carbocycles. The van der Waals surface area contributed by atoms with E-state index in [1.54, 1.807) is 0 Å². The number of aryl methyl sites for hydroxylation is 2. The van der Waals surface area contributed by atoms with E-state index < -0.39 is 0 Å². The fraction of sp³-hybridized carbons (Fsp3) is 0.375. The average Bonchev–Trinajstić information content (AvgIpc) is 2.32. The molecule has 0 N–H and O–H groups in total. The number of unbranched alkanes of at least 4 members (excludes halogenated alkanes) is 1. The largest absolute Gasteiger partial charge is 0.179 e. The van der Waals surface area contributed by atoms with E-state index in [0.717, 1.165) is 5.75 Å². The van der Waals surface area contributed by atoms with Gasteiger partial charge in [0.05, 0.1) is 0 Å². The summed E-state index contributed by atoms with van der Waals surface area (Å²) in [7, 11) is 0. The molecule has 104 valence electrons. The molecular weight excluding hydrogens is 592 g/mol. The molecule has 3 heteroatoms. The zero-order valence-electron chi connectivity index (χ0n) is 11.8. The molecule has 0 radical (unpaired) electrons. The molecular formula is C16H21SW2-. The van der Waals surface area contributed by atoms with E-state index in [1.165, 1.54) is 34.7 Å². The van der Waals surface area contributed by atoms with Crippen LogP contribution in [0.25, 0.3) is 10.8 Å². The van der Waals surface area contributed by atoms with Crippen molar-refractivity contribution < 1.29 is 42.1 Å². The summed E-state index contributed by atoms with van der Waals surface area (Å²) < 4.78 is 0. The van der Waals surface area contributed by atoms with E-state index in [0.29, 0.717) is 0 Å². The second-order valence-electron chi connectivity index (χ2n) is 4.29. The molecule has 0 unspecified atom stereocenters. The summed E-state index contributed by atoms with van der Waals surface area (Å²) >= 11 is 4.00. The first-order valence-electron chi connectivity index (χ1n) is 6.17. The van der Waals surface area contributed by atoms with Crippen molar-refractivity contribution in [2.45, 2.75) is 33.6 Å². The van der Waals surface area contributed by atoms with E-state index in [1.807, 2.05) is 6.07 Å². The molecule has 2 aromatic rings. The number of fused-ring (bicyclic) bond motifs is 1. The molecule has 0 amide bonds. The summed E-state index contributed by atoms with van der Waals surface area (Å²) in [6.45, 7) is 6.41. The van der Waals surface area contributed by atoms with Crippen molar-refractivity contribution in [1.29, 1.82) is 0 Å². The van der Waals surface area contributed by atoms with Crippen LogP contribution >= 0.6 is 12.6 Å². The summed E-state index contributed by atoms with van der Waals surface area (Å²) in [5.74, 6) is 1.04. The minimum absolute atomic E-state index is 0. The Bertz CT molecular complexity index is 467. The molecule has 0 nitrogen and oxygen atoms in total. The summed E-state index contributed by atoms with van der Waals surface area (Å²) in [5.41, 5.74) is 2.64. The Kier molecular flexibility index (Phi) is 13.9. The standard InChI is InChI=1S/C12H11.C4H10S.2W/c1-9-6-7-11-5-3-4-10(2)12(11)8-9;1-2-3-4-5;;/h3-4,6-8H,1-2H3;5H,2-4H2,1H3;;/q-1;;;. The molecule has 0 bridgehead atoms. The normalized spacial score (nSPS) is 8.84. The van der Waals surface area contributed by atoms with Crippen LogP contribution in [0, 0.1) is 19.9 Å². The third kappa shape index (κ3) is 7.69. The fourth-order valence-corrected chi connectivity index (χ4v) is 1.93. The van der Waals surface area contributed by atoms with E-state index in [4.69, 9.17) is 0 Å². The summed E-state index contributed by atoms with van der Waals surface area (Å²) in [6, 6.07) is 13.8. The molecule has 0 heterocycles. The van der Waals surface area contributed by atoms with Crippen LogP contribution in [0.1, 0.15) is 30.9 Å². The molecule has 0 fully saturated rings. The molecule has 2 aromatic carbocycles. The predicted molar refractivity (Wildman–Crippen MR) is 81.0 cm³/mol. The Labute approximate surface area is 151 Å². The second kappa shape index (κ2) is 12.2. The van der Waals surface area contributed by atoms with Crippen LogP contribution in [0.15, 0.2) is 30.3 Å². The zero-order valence-corrected chi connectivity index (χ0v) is 18.5. The monoisotopic (exact) mass is 613 g/mol. The first kappa shape index (κ1) is 21.7. The number of hydrogen-bond donors (Lipinski definition) is 1. The first-order chi connectivity index (χ1) is 8.19. The second-order valence-corrected chi connectivity index (χ2v) is 4.73. The van der Waals surface area contributed by atoms with Crippen LogP contribution < -0.4 is 0 Å². The van der Waals surface area contributed by atoms with Crippen molar-refractivity contribution in [1.82, 2.24) is 0 Å². The van der Waals surface area contributed by atoms with Gasteiger partial charge in [-0.1, -0.05) is 31.9 Å². The van der Waals surface area contributed by atoms with Gasteiger partial charge in [-0.3, -0.25) is 0 Å². The molecule has 2 rings (SSSR count). The fourth-order valence-electron chi connectivity index (χ4n) is 1.61. The molecule has 0 atom stereocenters. The quantitative estimate of drug-likeness (QED) is 0.360. The van der Waals surface area contributed by atoms with Gasteiger partial charge in [0.1, 0.15) is 0 Å². The van der Waals surface area contributed by atoms with Gasteiger partial charge in [0.2, 0.25) is 0 Å². The van der Waals surface area contributed by atoms with Crippen molar-refractivity contribution in [3.05, 3.63) is 47.5 Å². The Morgan fingerprint density at radius 2 is 1.79 bits per heavy atom. The third-order valence-electron chi connectivity index (χ3n) is 2.68. The van der Waals surface area contributed by atoms with Gasteiger partial charge in [-0.15, -0.1) is 46.7 Å². The van der Waals surface area contributed by atoms with E-state index in [9.17, 15) is 0 Å². The predicted octanol–water partition coefficient (Wildman–Crippen LogP) is 4.97. The summed E-state index contributed by atoms with van der Waals surface area (Å²) in [4.78, 5) is 0. The van der Waals surface area contributed by atoms with Gasteiger partial charge in [0, 0.05) is 42.1 Å². The van der Waals surface area contributed by atoms with Crippen molar-refractivity contribution in [2.75, 3.05) is 5.75 Å². The molecule has 0 saturated heterocycles. The van der Waals surface area contributed by atoms with Crippen LogP contribution in [-0.4, -0.2) is 5.75 Å². The van der Waals surface area contributed by atoms with Crippen molar-refractivity contribution in [3.63, 3.8) is 0 Å². The van der Waals surface area contributed by atoms with E-state index in [2.05, 4.69) is 63.7 Å². The first-order valence-corrected chi connectivity index (χ1v) is 6.80. The number of thiol groups is 1. The molecule has 0 aliphatic heterocycles. The molecule has 0 spiro atoms. The van der Waals surface area contributed by atoms with Gasteiger partial charge in [-0.05, 0) is 19.1 Å². The van der Waals surface area contributed by atoms with Crippen LogP contribution in [0.2, 0.25) is 0 Å². The van der Waals surface area contributed by atoms with Crippen LogP contribution in [-0.2, 0) is 42.1 Å². The third-order valence-corrected chi connectivity index (χ3v) is 3.00. The van der Waals surface area contributed by atoms with Gasteiger partial charge in [0.25, 0.3) is 0 Å². The minimum Gasteiger partial charge on any atom is -0.179 e. The van der Waals surface area contributed by atoms with Crippen LogP contribution in [0.3, 0.4) is 0 Å². The van der Waals surface area contributed by atoms with Crippen LogP contribution in [0.4, 0.5) is 0 Å². The van der Waals surface area contributed by atoms with Gasteiger partial charge in [0.15, 0.2) is 0 Å². The minimum atomic E-state index is 0. The number of benzene rings is 2. The molecule has 19 heavy (non-hydrogen) atoms. The Morgan fingerprint density at radius 1 is 1.11 bits per heavy atom. The smallest absolute Gasteiger partial charge is 0 e. The van der Waals surface area contributed by atoms with E-state index >= 15 is 0 Å². The Hall–Kier alpha value is 0.427. The number of hydrogen-bond acceptors (Lipinski definition) is 1. The van der Waals surface area contributed by atoms with Crippen molar-refractivity contribution in [2.24, 2.45) is 0 Å². The van der Waals surface area contributed by atoms with Crippen molar-refractivity contribution in [3.8, 4) is 0 Å². The number of rotatable bonds is 2. The summed E-state index contributed by atoms with van der Waals surface area (Å²) in [6.07, 6.45) is 2.52. The van der Waals surface area contributed by atoms with Gasteiger partial charge >= 0.3 is 0 Å². The maximum absolute atomic E-state index is 4.00. The SMILES string of the molecule is CCCCS.Cc1ccc2[c-]ccc(C)c2c1.[W].[W]. The zero-order chi connectivity index (χ0) is 12.7. The molecule has 0 aliphatic rings. The van der Waals surface area contributed by atoms with E-state index in [-0.39, 0.29) is 42.1 Å². The summed E-state index contributed by atoms with van der Waals surface area (Å²) in [5, 5.41) is 2.53. The Morgan fingerprint density at radius 3 is 2.32 bits per heavy atom. The molecule has 0 aromatic heterocycles. The van der Waals surface area contributed by atoms with Gasteiger partial charge in [-0.2, -0.15) is 12.6 Å². The maximum Gasteiger partial charge on any atom is 0 e. The molecule has 0 aliphatic carbocycles.